The molecule has 22 heavy (non-hydrogen) atoms. The number of hydrogen-bond acceptors (Lipinski definition) is 0. The first-order valence-corrected chi connectivity index (χ1v) is 11.8. The second kappa shape index (κ2) is 6.82. The Morgan fingerprint density at radius 3 is 1.41 bits per heavy atom. The molecule has 0 aliphatic carbocycles. The molecule has 0 nitrogen and oxygen atoms in total. The highest BCUT2D eigenvalue weighted by molar-refractivity contribution is 7.70. The van der Waals surface area contributed by atoms with Crippen LogP contribution in [0, 0.1) is 0 Å². The molecule has 2 aliphatic heterocycles. The van der Waals surface area contributed by atoms with E-state index in [9.17, 15) is 0 Å². The lowest BCUT2D eigenvalue weighted by atomic mass is 10.1. The lowest BCUT2D eigenvalue weighted by Gasteiger charge is -2.31. The fourth-order valence-corrected chi connectivity index (χ4v) is 11.5. The van der Waals surface area contributed by atoms with Crippen molar-refractivity contribution < 1.29 is 0 Å². The van der Waals surface area contributed by atoms with Gasteiger partial charge < -0.3 is 0 Å². The molecule has 2 fully saturated rings. The van der Waals surface area contributed by atoms with Crippen LogP contribution in [0.1, 0.15) is 25.7 Å². The Bertz CT molecular complexity index is 540. The molecule has 2 aliphatic rings. The third-order valence-electron chi connectivity index (χ3n) is 5.22. The van der Waals surface area contributed by atoms with Crippen molar-refractivity contribution in [2.24, 2.45) is 0 Å². The molecule has 2 aromatic carbocycles. The molecule has 0 spiro atoms. The molecule has 0 saturated carbocycles. The van der Waals surface area contributed by atoms with E-state index in [0.29, 0.717) is 0 Å². The predicted octanol–water partition coefficient (Wildman–Crippen LogP) is 4.93. The van der Waals surface area contributed by atoms with Crippen molar-refractivity contribution in [3.05, 3.63) is 60.7 Å². The Balaban J connectivity index is 1.60. The van der Waals surface area contributed by atoms with Gasteiger partial charge in [0.1, 0.15) is 0 Å². The third-order valence-corrected chi connectivity index (χ3v) is 11.8. The summed E-state index contributed by atoms with van der Waals surface area (Å²) in [5.74, 6) is 0. The molecule has 2 saturated heterocycles. The summed E-state index contributed by atoms with van der Waals surface area (Å²) in [7, 11) is 0.169. The van der Waals surface area contributed by atoms with E-state index >= 15 is 0 Å². The fourth-order valence-electron chi connectivity index (χ4n) is 4.27. The zero-order valence-corrected chi connectivity index (χ0v) is 14.9. The average Bonchev–Trinajstić information content (AvgIpc) is 3.25. The van der Waals surface area contributed by atoms with Gasteiger partial charge in [-0.3, -0.25) is 0 Å². The molecule has 0 bridgehead atoms. The summed E-state index contributed by atoms with van der Waals surface area (Å²) in [6.45, 7) is 0. The Hall–Kier alpha value is -0.700. The van der Waals surface area contributed by atoms with Crippen LogP contribution in [0.4, 0.5) is 0 Å². The van der Waals surface area contributed by atoms with Gasteiger partial charge in [-0.15, -0.1) is 0 Å². The SMILES string of the molecule is c1ccc([P@@]2CCC[C@@H]2[C@H]2CCC[P@]2c2ccccc2)cc1. The van der Waals surface area contributed by atoms with E-state index in [-0.39, 0.29) is 15.8 Å². The highest BCUT2D eigenvalue weighted by atomic mass is 31.1. The Kier molecular flexibility index (Phi) is 4.61. The van der Waals surface area contributed by atoms with Crippen molar-refractivity contribution in [3.8, 4) is 0 Å². The molecule has 2 aromatic rings. The van der Waals surface area contributed by atoms with Gasteiger partial charge in [-0.25, -0.2) is 0 Å². The van der Waals surface area contributed by atoms with Crippen LogP contribution in [0.2, 0.25) is 0 Å². The van der Waals surface area contributed by atoms with Gasteiger partial charge in [-0.1, -0.05) is 76.5 Å². The smallest absolute Gasteiger partial charge is 0.00981 e. The minimum atomic E-state index is 0.0845. The van der Waals surface area contributed by atoms with Crippen molar-refractivity contribution in [3.63, 3.8) is 0 Å². The van der Waals surface area contributed by atoms with E-state index in [4.69, 9.17) is 0 Å². The topological polar surface area (TPSA) is 0 Å². The maximum atomic E-state index is 2.39. The van der Waals surface area contributed by atoms with Crippen LogP contribution in [0.15, 0.2) is 60.7 Å². The monoisotopic (exact) mass is 326 g/mol. The van der Waals surface area contributed by atoms with E-state index in [0.717, 1.165) is 11.3 Å². The van der Waals surface area contributed by atoms with Crippen LogP contribution in [-0.2, 0) is 0 Å². The van der Waals surface area contributed by atoms with E-state index in [1.165, 1.54) is 38.0 Å². The summed E-state index contributed by atoms with van der Waals surface area (Å²) in [4.78, 5) is 0. The van der Waals surface area contributed by atoms with E-state index in [1.54, 1.807) is 10.6 Å². The molecule has 0 N–H and O–H groups in total. The predicted molar refractivity (Wildman–Crippen MR) is 102 cm³/mol. The molecule has 2 heterocycles. The molecular weight excluding hydrogens is 302 g/mol. The van der Waals surface area contributed by atoms with Crippen LogP contribution in [0.25, 0.3) is 0 Å². The van der Waals surface area contributed by atoms with Crippen LogP contribution in [-0.4, -0.2) is 23.6 Å². The van der Waals surface area contributed by atoms with Gasteiger partial charge in [-0.05, 0) is 59.9 Å². The fraction of sp³-hybridized carbons (Fsp3) is 0.400. The summed E-state index contributed by atoms with van der Waals surface area (Å²) >= 11 is 0. The molecule has 0 aromatic heterocycles. The van der Waals surface area contributed by atoms with Gasteiger partial charge in [0, 0.05) is 0 Å². The van der Waals surface area contributed by atoms with Crippen LogP contribution < -0.4 is 10.6 Å². The molecule has 0 unspecified atom stereocenters. The molecular formula is C20H24P2. The summed E-state index contributed by atoms with van der Waals surface area (Å²) in [6, 6.07) is 22.8. The summed E-state index contributed by atoms with van der Waals surface area (Å²) in [6.07, 6.45) is 8.82. The molecule has 2 heteroatoms. The van der Waals surface area contributed by atoms with E-state index < -0.39 is 0 Å². The standard InChI is InChI=1S/C20H24P2/c1-3-9-17(10-4-1)21-15-7-13-19(21)20-14-8-16-22(20)18-11-5-2-6-12-18/h1-6,9-12,19-20H,7-8,13-16H2/t19-,20-,21-,22-/m1/s1. The first kappa shape index (κ1) is 14.9. The minimum absolute atomic E-state index is 0.0845. The van der Waals surface area contributed by atoms with Gasteiger partial charge in [0.15, 0.2) is 0 Å². The highest BCUT2D eigenvalue weighted by Gasteiger charge is 2.40. The molecule has 114 valence electrons. The van der Waals surface area contributed by atoms with E-state index in [2.05, 4.69) is 60.7 Å². The van der Waals surface area contributed by atoms with Gasteiger partial charge in [0.05, 0.1) is 0 Å². The van der Waals surface area contributed by atoms with Gasteiger partial charge in [0.2, 0.25) is 0 Å². The zero-order chi connectivity index (χ0) is 14.8. The number of rotatable bonds is 3. The molecule has 4 atom stereocenters. The van der Waals surface area contributed by atoms with Gasteiger partial charge in [0.25, 0.3) is 0 Å². The Morgan fingerprint density at radius 2 is 1.00 bits per heavy atom. The van der Waals surface area contributed by atoms with Crippen molar-refractivity contribution >= 4 is 26.5 Å². The van der Waals surface area contributed by atoms with Crippen molar-refractivity contribution in [2.45, 2.75) is 37.0 Å². The Morgan fingerprint density at radius 1 is 0.591 bits per heavy atom. The van der Waals surface area contributed by atoms with Crippen LogP contribution >= 0.6 is 15.8 Å². The molecule has 0 radical (unpaired) electrons. The van der Waals surface area contributed by atoms with Crippen LogP contribution in [0.5, 0.6) is 0 Å². The number of benzene rings is 2. The summed E-state index contributed by atoms with van der Waals surface area (Å²) in [5, 5.41) is 3.32. The van der Waals surface area contributed by atoms with Gasteiger partial charge in [-0.2, -0.15) is 0 Å². The van der Waals surface area contributed by atoms with Crippen molar-refractivity contribution in [2.75, 3.05) is 12.3 Å². The first-order valence-electron chi connectivity index (χ1n) is 8.57. The summed E-state index contributed by atoms with van der Waals surface area (Å²) < 4.78 is 0. The maximum Gasteiger partial charge on any atom is -0.00981 e. The van der Waals surface area contributed by atoms with Crippen molar-refractivity contribution in [1.29, 1.82) is 0 Å². The van der Waals surface area contributed by atoms with Crippen molar-refractivity contribution in [1.82, 2.24) is 0 Å². The zero-order valence-electron chi connectivity index (χ0n) is 13.1. The Labute approximate surface area is 136 Å². The second-order valence-corrected chi connectivity index (χ2v) is 11.6. The van der Waals surface area contributed by atoms with Gasteiger partial charge >= 0.3 is 0 Å². The quantitative estimate of drug-likeness (QED) is 0.702. The molecule has 0 amide bonds. The maximum absolute atomic E-state index is 2.39. The largest absolute Gasteiger partial charge is 0.0715 e. The highest BCUT2D eigenvalue weighted by Crippen LogP contribution is 2.61. The lowest BCUT2D eigenvalue weighted by Crippen LogP contribution is -2.24. The van der Waals surface area contributed by atoms with Crippen LogP contribution in [0.3, 0.4) is 0 Å². The lowest BCUT2D eigenvalue weighted by molar-refractivity contribution is 0.697. The molecule has 4 rings (SSSR count). The second-order valence-electron chi connectivity index (χ2n) is 6.48. The first-order chi connectivity index (χ1) is 10.9. The normalized spacial score (nSPS) is 31.5. The summed E-state index contributed by atoms with van der Waals surface area (Å²) in [5.41, 5.74) is 1.98. The van der Waals surface area contributed by atoms with E-state index in [1.807, 2.05) is 0 Å². The average molecular weight is 326 g/mol. The number of hydrogen-bond donors (Lipinski definition) is 0. The minimum Gasteiger partial charge on any atom is -0.0715 e. The third kappa shape index (κ3) is 2.89.